The fourth-order valence-electron chi connectivity index (χ4n) is 2.48. The first-order chi connectivity index (χ1) is 12.7. The van der Waals surface area contributed by atoms with E-state index in [2.05, 4.69) is 15.6 Å². The number of aromatic nitrogens is 1. The minimum atomic E-state index is -0.320. The van der Waals surface area contributed by atoms with E-state index in [1.54, 1.807) is 30.5 Å². The van der Waals surface area contributed by atoms with E-state index in [1.165, 1.54) is 0 Å². The first kappa shape index (κ1) is 17.4. The summed E-state index contributed by atoms with van der Waals surface area (Å²) >= 11 is 0. The van der Waals surface area contributed by atoms with E-state index < -0.39 is 0 Å². The van der Waals surface area contributed by atoms with Gasteiger partial charge in [0.2, 0.25) is 5.91 Å². The summed E-state index contributed by atoms with van der Waals surface area (Å²) in [4.78, 5) is 28.4. The van der Waals surface area contributed by atoms with Gasteiger partial charge in [-0.1, -0.05) is 18.2 Å². The molecule has 0 aliphatic heterocycles. The summed E-state index contributed by atoms with van der Waals surface area (Å²) in [6, 6.07) is 16.2. The van der Waals surface area contributed by atoms with Crippen LogP contribution < -0.4 is 15.4 Å². The number of amides is 2. The predicted octanol–water partition coefficient (Wildman–Crippen LogP) is 3.00. The van der Waals surface area contributed by atoms with Crippen LogP contribution in [-0.2, 0) is 4.79 Å². The van der Waals surface area contributed by atoms with Crippen LogP contribution in [0.3, 0.4) is 0 Å². The fraction of sp³-hybridized carbons (Fsp3) is 0.150. The van der Waals surface area contributed by atoms with Gasteiger partial charge in [0.25, 0.3) is 5.91 Å². The number of anilines is 1. The normalized spacial score (nSPS) is 10.3. The summed E-state index contributed by atoms with van der Waals surface area (Å²) in [5.41, 5.74) is 1.91. The molecular weight excluding hydrogens is 330 g/mol. The second-order valence-corrected chi connectivity index (χ2v) is 5.60. The molecule has 6 heteroatoms. The van der Waals surface area contributed by atoms with Gasteiger partial charge in [-0.3, -0.25) is 14.6 Å². The van der Waals surface area contributed by atoms with Crippen molar-refractivity contribution in [2.75, 3.05) is 18.5 Å². The zero-order valence-corrected chi connectivity index (χ0v) is 14.4. The van der Waals surface area contributed by atoms with E-state index in [1.807, 2.05) is 37.3 Å². The van der Waals surface area contributed by atoms with Gasteiger partial charge in [-0.15, -0.1) is 0 Å². The molecular formula is C20H19N3O3. The summed E-state index contributed by atoms with van der Waals surface area (Å²) in [6.07, 6.45) is 1.59. The van der Waals surface area contributed by atoms with E-state index in [0.717, 1.165) is 10.9 Å². The van der Waals surface area contributed by atoms with E-state index >= 15 is 0 Å². The van der Waals surface area contributed by atoms with Crippen molar-refractivity contribution in [1.29, 1.82) is 0 Å². The van der Waals surface area contributed by atoms with E-state index in [4.69, 9.17) is 4.74 Å². The highest BCUT2D eigenvalue weighted by atomic mass is 16.5. The third-order valence-electron chi connectivity index (χ3n) is 3.71. The molecule has 1 heterocycles. The lowest BCUT2D eigenvalue weighted by atomic mass is 10.2. The quantitative estimate of drug-likeness (QED) is 0.717. The molecule has 1 aromatic heterocycles. The van der Waals surface area contributed by atoms with Gasteiger partial charge in [0.1, 0.15) is 5.75 Å². The maximum atomic E-state index is 12.1. The minimum Gasteiger partial charge on any atom is -0.494 e. The highest BCUT2D eigenvalue weighted by Crippen LogP contribution is 2.16. The first-order valence-electron chi connectivity index (χ1n) is 8.31. The Bertz CT molecular complexity index is 923. The molecule has 3 aromatic rings. The van der Waals surface area contributed by atoms with Gasteiger partial charge in [-0.25, -0.2) is 0 Å². The minimum absolute atomic E-state index is 0.126. The van der Waals surface area contributed by atoms with Gasteiger partial charge in [-0.2, -0.15) is 0 Å². The van der Waals surface area contributed by atoms with Crippen LogP contribution in [0, 0.1) is 0 Å². The Morgan fingerprint density at radius 1 is 1.08 bits per heavy atom. The topological polar surface area (TPSA) is 80.3 Å². The molecule has 0 saturated carbocycles. The van der Waals surface area contributed by atoms with Gasteiger partial charge in [-0.05, 0) is 43.3 Å². The van der Waals surface area contributed by atoms with Crippen LogP contribution in [0.1, 0.15) is 17.3 Å². The number of pyridine rings is 1. The molecule has 3 rings (SSSR count). The summed E-state index contributed by atoms with van der Waals surface area (Å²) in [5.74, 6) is 0.0619. The van der Waals surface area contributed by atoms with Gasteiger partial charge in [0, 0.05) is 10.9 Å². The SMILES string of the molecule is CCOc1ccc(C(=O)NCC(=O)Nc2cnc3ccccc3c2)cc1. The summed E-state index contributed by atoms with van der Waals surface area (Å²) in [7, 11) is 0. The van der Waals surface area contributed by atoms with E-state index in [0.29, 0.717) is 23.6 Å². The Morgan fingerprint density at radius 2 is 1.85 bits per heavy atom. The molecule has 2 N–H and O–H groups in total. The average molecular weight is 349 g/mol. The molecule has 0 bridgehead atoms. The van der Waals surface area contributed by atoms with Gasteiger partial charge in [0.15, 0.2) is 0 Å². The molecule has 0 fully saturated rings. The molecule has 0 spiro atoms. The highest BCUT2D eigenvalue weighted by Gasteiger charge is 2.09. The average Bonchev–Trinajstić information content (AvgIpc) is 2.67. The number of hydrogen-bond donors (Lipinski definition) is 2. The Labute approximate surface area is 151 Å². The Balaban J connectivity index is 1.54. The standard InChI is InChI=1S/C20H19N3O3/c1-2-26-17-9-7-14(8-10-17)20(25)22-13-19(24)23-16-11-15-5-3-4-6-18(15)21-12-16/h3-12H,2,13H2,1H3,(H,22,25)(H,23,24). The van der Waals surface area contributed by atoms with Crippen molar-refractivity contribution in [2.24, 2.45) is 0 Å². The van der Waals surface area contributed by atoms with Crippen LogP contribution >= 0.6 is 0 Å². The van der Waals surface area contributed by atoms with Crippen molar-refractivity contribution in [1.82, 2.24) is 10.3 Å². The molecule has 132 valence electrons. The lowest BCUT2D eigenvalue weighted by Gasteiger charge is -2.08. The van der Waals surface area contributed by atoms with Crippen LogP contribution in [0.5, 0.6) is 5.75 Å². The van der Waals surface area contributed by atoms with Crippen LogP contribution in [0.15, 0.2) is 60.8 Å². The molecule has 0 atom stereocenters. The molecule has 2 amide bonds. The number of fused-ring (bicyclic) bond motifs is 1. The van der Waals surface area contributed by atoms with Crippen LogP contribution in [-0.4, -0.2) is 29.9 Å². The lowest BCUT2D eigenvalue weighted by Crippen LogP contribution is -2.32. The second kappa shape index (κ2) is 8.11. The molecule has 0 radical (unpaired) electrons. The summed E-state index contributed by atoms with van der Waals surface area (Å²) in [5, 5.41) is 6.26. The van der Waals surface area contributed by atoms with Crippen molar-refractivity contribution < 1.29 is 14.3 Å². The number of nitrogens with zero attached hydrogens (tertiary/aromatic N) is 1. The van der Waals surface area contributed by atoms with Crippen LogP contribution in [0.4, 0.5) is 5.69 Å². The molecule has 0 saturated heterocycles. The highest BCUT2D eigenvalue weighted by molar-refractivity contribution is 5.99. The lowest BCUT2D eigenvalue weighted by molar-refractivity contribution is -0.115. The number of nitrogens with one attached hydrogen (secondary N) is 2. The van der Waals surface area contributed by atoms with Crippen molar-refractivity contribution in [3.05, 3.63) is 66.4 Å². The molecule has 6 nitrogen and oxygen atoms in total. The number of benzene rings is 2. The Morgan fingerprint density at radius 3 is 2.62 bits per heavy atom. The van der Waals surface area contributed by atoms with Gasteiger partial charge >= 0.3 is 0 Å². The Hall–Kier alpha value is -3.41. The number of hydrogen-bond acceptors (Lipinski definition) is 4. The van der Waals surface area contributed by atoms with Crippen molar-refractivity contribution >= 4 is 28.4 Å². The maximum Gasteiger partial charge on any atom is 0.251 e. The zero-order chi connectivity index (χ0) is 18.4. The monoisotopic (exact) mass is 349 g/mol. The van der Waals surface area contributed by atoms with Gasteiger partial charge in [0.05, 0.1) is 30.6 Å². The first-order valence-corrected chi connectivity index (χ1v) is 8.31. The van der Waals surface area contributed by atoms with Crippen LogP contribution in [0.2, 0.25) is 0 Å². The van der Waals surface area contributed by atoms with Crippen molar-refractivity contribution in [3.63, 3.8) is 0 Å². The maximum absolute atomic E-state index is 12.1. The molecule has 2 aromatic carbocycles. The number of carbonyl (C=O) groups excluding carboxylic acids is 2. The number of para-hydroxylation sites is 1. The third kappa shape index (κ3) is 4.36. The number of carbonyl (C=O) groups is 2. The summed E-state index contributed by atoms with van der Waals surface area (Å²) in [6.45, 7) is 2.33. The van der Waals surface area contributed by atoms with E-state index in [9.17, 15) is 9.59 Å². The Kier molecular flexibility index (Phi) is 5.43. The van der Waals surface area contributed by atoms with Crippen molar-refractivity contribution in [3.8, 4) is 5.75 Å². The summed E-state index contributed by atoms with van der Waals surface area (Å²) < 4.78 is 5.33. The molecule has 0 aliphatic rings. The zero-order valence-electron chi connectivity index (χ0n) is 14.4. The second-order valence-electron chi connectivity index (χ2n) is 5.60. The smallest absolute Gasteiger partial charge is 0.251 e. The molecule has 0 aliphatic carbocycles. The van der Waals surface area contributed by atoms with Crippen LogP contribution in [0.25, 0.3) is 10.9 Å². The molecule has 26 heavy (non-hydrogen) atoms. The van der Waals surface area contributed by atoms with Gasteiger partial charge < -0.3 is 15.4 Å². The number of rotatable bonds is 6. The van der Waals surface area contributed by atoms with Crippen molar-refractivity contribution in [2.45, 2.75) is 6.92 Å². The van der Waals surface area contributed by atoms with E-state index in [-0.39, 0.29) is 18.4 Å². The third-order valence-corrected chi connectivity index (χ3v) is 3.71. The predicted molar refractivity (Wildman–Crippen MR) is 100 cm³/mol. The number of ether oxygens (including phenoxy) is 1. The largest absolute Gasteiger partial charge is 0.494 e. The molecule has 0 unspecified atom stereocenters. The fourth-order valence-corrected chi connectivity index (χ4v) is 2.48.